The van der Waals surface area contributed by atoms with Crippen molar-refractivity contribution in [2.45, 2.75) is 18.2 Å². The van der Waals surface area contributed by atoms with Crippen LogP contribution in [0.3, 0.4) is 0 Å². The number of hydrogen-bond donors (Lipinski definition) is 0. The van der Waals surface area contributed by atoms with Gasteiger partial charge in [0.25, 0.3) is 0 Å². The molecule has 0 radical (unpaired) electrons. The Labute approximate surface area is 164 Å². The van der Waals surface area contributed by atoms with Gasteiger partial charge in [-0.15, -0.1) is 11.8 Å². The molecule has 1 aromatic heterocycles. The van der Waals surface area contributed by atoms with Gasteiger partial charge in [0.15, 0.2) is 4.80 Å². The summed E-state index contributed by atoms with van der Waals surface area (Å²) in [4.78, 5) is 18.3. The quantitative estimate of drug-likeness (QED) is 0.534. The smallest absolute Gasteiger partial charge is 0.249 e. The van der Waals surface area contributed by atoms with Crippen LogP contribution in [0.5, 0.6) is 0 Å². The van der Waals surface area contributed by atoms with E-state index < -0.39 is 0 Å². The fraction of sp³-hybridized carbons (Fsp3) is 0.222. The average Bonchev–Trinajstić information content (AvgIpc) is 2.91. The van der Waals surface area contributed by atoms with Gasteiger partial charge in [-0.05, 0) is 42.8 Å². The van der Waals surface area contributed by atoms with E-state index in [1.807, 2.05) is 54.9 Å². The van der Waals surface area contributed by atoms with Crippen LogP contribution < -0.4 is 4.80 Å². The standard InChI is InChI=1S/C18H16Cl2N2OS2/c1-11-3-8-14(20)17-16(11)22(2)18(25-17)21-15(23)9-10-24-13-6-4-12(19)5-7-13/h3-8H,9-10H2,1-2H3. The van der Waals surface area contributed by atoms with Gasteiger partial charge in [-0.1, -0.05) is 40.6 Å². The molecule has 0 aliphatic heterocycles. The molecular formula is C18H16Cl2N2OS2. The summed E-state index contributed by atoms with van der Waals surface area (Å²) >= 11 is 15.2. The largest absolute Gasteiger partial charge is 0.319 e. The molecule has 0 saturated carbocycles. The van der Waals surface area contributed by atoms with E-state index in [-0.39, 0.29) is 5.91 Å². The highest BCUT2D eigenvalue weighted by Gasteiger charge is 2.10. The third-order valence-electron chi connectivity index (χ3n) is 3.72. The van der Waals surface area contributed by atoms with E-state index in [2.05, 4.69) is 4.99 Å². The van der Waals surface area contributed by atoms with Crippen molar-refractivity contribution < 1.29 is 4.79 Å². The zero-order chi connectivity index (χ0) is 18.0. The first kappa shape index (κ1) is 18.5. The van der Waals surface area contributed by atoms with Crippen molar-refractivity contribution in [2.24, 2.45) is 12.0 Å². The zero-order valence-electron chi connectivity index (χ0n) is 13.8. The van der Waals surface area contributed by atoms with Crippen LogP contribution in [-0.4, -0.2) is 16.2 Å². The number of carbonyl (C=O) groups excluding carboxylic acids is 1. The SMILES string of the molecule is Cc1ccc(Cl)c2sc(=NC(=O)CCSc3ccc(Cl)cc3)n(C)c12. The van der Waals surface area contributed by atoms with Crippen molar-refractivity contribution in [1.82, 2.24) is 4.57 Å². The van der Waals surface area contributed by atoms with Gasteiger partial charge in [0.2, 0.25) is 5.91 Å². The number of hydrogen-bond acceptors (Lipinski definition) is 3. The van der Waals surface area contributed by atoms with Gasteiger partial charge in [0.05, 0.1) is 15.2 Å². The number of nitrogens with zero attached hydrogens (tertiary/aromatic N) is 2. The third kappa shape index (κ3) is 4.29. The molecule has 25 heavy (non-hydrogen) atoms. The minimum absolute atomic E-state index is 0.127. The molecule has 130 valence electrons. The maximum absolute atomic E-state index is 12.2. The Balaban J connectivity index is 1.74. The summed E-state index contributed by atoms with van der Waals surface area (Å²) in [5.74, 6) is 0.552. The molecule has 0 aliphatic carbocycles. The van der Waals surface area contributed by atoms with E-state index in [4.69, 9.17) is 23.2 Å². The van der Waals surface area contributed by atoms with Crippen molar-refractivity contribution in [3.8, 4) is 0 Å². The summed E-state index contributed by atoms with van der Waals surface area (Å²) < 4.78 is 2.90. The number of halogens is 2. The highest BCUT2D eigenvalue weighted by molar-refractivity contribution is 7.99. The molecular weight excluding hydrogens is 395 g/mol. The van der Waals surface area contributed by atoms with E-state index in [0.29, 0.717) is 27.0 Å². The fourth-order valence-corrected chi connectivity index (χ4v) is 4.82. The van der Waals surface area contributed by atoms with E-state index in [1.165, 1.54) is 11.3 Å². The van der Waals surface area contributed by atoms with Crippen molar-refractivity contribution in [3.05, 3.63) is 56.8 Å². The summed E-state index contributed by atoms with van der Waals surface area (Å²) in [5, 5.41) is 1.40. The lowest BCUT2D eigenvalue weighted by atomic mass is 10.2. The number of carbonyl (C=O) groups is 1. The lowest BCUT2D eigenvalue weighted by molar-refractivity contribution is -0.117. The Bertz CT molecular complexity index is 991. The molecule has 2 aromatic carbocycles. The van der Waals surface area contributed by atoms with Crippen molar-refractivity contribution in [1.29, 1.82) is 0 Å². The number of aryl methyl sites for hydroxylation is 2. The summed E-state index contributed by atoms with van der Waals surface area (Å²) in [6.07, 6.45) is 0.383. The molecule has 1 amide bonds. The highest BCUT2D eigenvalue weighted by Crippen LogP contribution is 2.28. The van der Waals surface area contributed by atoms with Crippen molar-refractivity contribution >= 4 is 62.4 Å². The second-order valence-corrected chi connectivity index (χ2v) is 8.53. The number of fused-ring (bicyclic) bond motifs is 1. The van der Waals surface area contributed by atoms with Gasteiger partial charge in [-0.2, -0.15) is 4.99 Å². The molecule has 0 fully saturated rings. The van der Waals surface area contributed by atoms with Gasteiger partial charge in [-0.25, -0.2) is 0 Å². The predicted octanol–water partition coefficient (Wildman–Crippen LogP) is 5.46. The van der Waals surface area contributed by atoms with Crippen LogP contribution in [0.1, 0.15) is 12.0 Å². The molecule has 0 N–H and O–H groups in total. The van der Waals surface area contributed by atoms with Gasteiger partial charge >= 0.3 is 0 Å². The summed E-state index contributed by atoms with van der Waals surface area (Å²) in [7, 11) is 1.91. The first-order chi connectivity index (χ1) is 12.0. The monoisotopic (exact) mass is 410 g/mol. The molecule has 3 nitrogen and oxygen atoms in total. The third-order valence-corrected chi connectivity index (χ3v) is 6.58. The maximum Gasteiger partial charge on any atom is 0.249 e. The molecule has 3 rings (SSSR count). The summed E-state index contributed by atoms with van der Waals surface area (Å²) in [6, 6.07) is 11.4. The molecule has 0 saturated heterocycles. The molecule has 0 aliphatic rings. The van der Waals surface area contributed by atoms with Crippen molar-refractivity contribution in [2.75, 3.05) is 5.75 Å². The zero-order valence-corrected chi connectivity index (χ0v) is 16.9. The van der Waals surface area contributed by atoms with Crippen LogP contribution in [0.25, 0.3) is 10.2 Å². The predicted molar refractivity (Wildman–Crippen MR) is 108 cm³/mol. The van der Waals surface area contributed by atoms with E-state index in [0.717, 1.165) is 20.7 Å². The lowest BCUT2D eigenvalue weighted by Gasteiger charge is -2.01. The fourth-order valence-electron chi connectivity index (χ4n) is 2.46. The summed E-state index contributed by atoms with van der Waals surface area (Å²) in [5.41, 5.74) is 2.14. The van der Waals surface area contributed by atoms with Gasteiger partial charge in [-0.3, -0.25) is 4.79 Å². The molecule has 7 heteroatoms. The number of amides is 1. The molecule has 0 spiro atoms. The van der Waals surface area contributed by atoms with Crippen LogP contribution in [0.15, 0.2) is 46.3 Å². The average molecular weight is 411 g/mol. The number of thiazole rings is 1. The minimum atomic E-state index is -0.127. The number of aromatic nitrogens is 1. The normalized spacial score (nSPS) is 12.1. The number of rotatable bonds is 4. The van der Waals surface area contributed by atoms with Gasteiger partial charge in [0, 0.05) is 29.1 Å². The summed E-state index contributed by atoms with van der Waals surface area (Å²) in [6.45, 7) is 2.03. The van der Waals surface area contributed by atoms with Crippen molar-refractivity contribution in [3.63, 3.8) is 0 Å². The van der Waals surface area contributed by atoms with Crippen LogP contribution >= 0.6 is 46.3 Å². The molecule has 0 unspecified atom stereocenters. The molecule has 0 bridgehead atoms. The van der Waals surface area contributed by atoms with E-state index >= 15 is 0 Å². The maximum atomic E-state index is 12.2. The van der Waals surface area contributed by atoms with Crippen LogP contribution in [0, 0.1) is 6.92 Å². The first-order valence-corrected chi connectivity index (χ1v) is 10.2. The second kappa shape index (κ2) is 7.96. The Morgan fingerprint density at radius 3 is 2.60 bits per heavy atom. The number of thioether (sulfide) groups is 1. The van der Waals surface area contributed by atoms with E-state index in [9.17, 15) is 4.79 Å². The second-order valence-electron chi connectivity index (χ2n) is 5.54. The Hall–Kier alpha value is -1.27. The highest BCUT2D eigenvalue weighted by atomic mass is 35.5. The first-order valence-electron chi connectivity index (χ1n) is 7.66. The molecule has 0 atom stereocenters. The van der Waals surface area contributed by atoms with Gasteiger partial charge < -0.3 is 4.57 Å². The van der Waals surface area contributed by atoms with Crippen LogP contribution in [0.4, 0.5) is 0 Å². The Morgan fingerprint density at radius 2 is 1.92 bits per heavy atom. The Morgan fingerprint density at radius 1 is 1.20 bits per heavy atom. The van der Waals surface area contributed by atoms with Crippen LogP contribution in [0.2, 0.25) is 10.0 Å². The lowest BCUT2D eigenvalue weighted by Crippen LogP contribution is -2.13. The van der Waals surface area contributed by atoms with Crippen LogP contribution in [-0.2, 0) is 11.8 Å². The Kier molecular flexibility index (Phi) is 5.89. The molecule has 1 heterocycles. The van der Waals surface area contributed by atoms with Gasteiger partial charge in [0.1, 0.15) is 0 Å². The minimum Gasteiger partial charge on any atom is -0.319 e. The topological polar surface area (TPSA) is 34.4 Å². The number of benzene rings is 2. The molecule has 3 aromatic rings. The van der Waals surface area contributed by atoms with E-state index in [1.54, 1.807) is 11.8 Å².